The maximum absolute atomic E-state index is 12.9. The summed E-state index contributed by atoms with van der Waals surface area (Å²) in [6.07, 6.45) is -5.48. The summed E-state index contributed by atoms with van der Waals surface area (Å²) in [6.45, 7) is 2.78. The van der Waals surface area contributed by atoms with Crippen molar-refractivity contribution in [2.75, 3.05) is 0 Å². The van der Waals surface area contributed by atoms with Crippen molar-refractivity contribution in [1.82, 2.24) is 0 Å². The zero-order valence-corrected chi connectivity index (χ0v) is 10.8. The molecule has 0 aromatic heterocycles. The van der Waals surface area contributed by atoms with E-state index in [2.05, 4.69) is 4.74 Å². The van der Waals surface area contributed by atoms with Gasteiger partial charge >= 0.3 is 5.97 Å². The first-order valence-electron chi connectivity index (χ1n) is 5.87. The number of halogens is 2. The van der Waals surface area contributed by atoms with E-state index in [1.165, 1.54) is 13.8 Å². The number of hydrogen-bond donors (Lipinski definition) is 1. The van der Waals surface area contributed by atoms with Crippen LogP contribution in [0.25, 0.3) is 0 Å². The molecule has 2 N–H and O–H groups in total. The van der Waals surface area contributed by atoms with E-state index < -0.39 is 30.6 Å². The minimum absolute atomic E-state index is 0.428. The Morgan fingerprint density at radius 1 is 1.21 bits per heavy atom. The van der Waals surface area contributed by atoms with Crippen molar-refractivity contribution < 1.29 is 23.0 Å². The van der Waals surface area contributed by atoms with Crippen LogP contribution in [-0.4, -0.2) is 30.6 Å². The molecule has 4 nitrogen and oxygen atoms in total. The van der Waals surface area contributed by atoms with Crippen molar-refractivity contribution in [2.45, 2.75) is 38.5 Å². The Hall–Kier alpha value is -1.69. The SMILES string of the molecule is C[C@H](N)C(=O)OC(C(F)F)[C@H](C)Oc1ccccc1. The largest absolute Gasteiger partial charge is 0.487 e. The van der Waals surface area contributed by atoms with Gasteiger partial charge in [-0.2, -0.15) is 0 Å². The lowest BCUT2D eigenvalue weighted by atomic mass is 10.2. The maximum atomic E-state index is 12.9. The van der Waals surface area contributed by atoms with Crippen LogP contribution < -0.4 is 10.5 Å². The summed E-state index contributed by atoms with van der Waals surface area (Å²) in [7, 11) is 0. The topological polar surface area (TPSA) is 61.6 Å². The van der Waals surface area contributed by atoms with Crippen LogP contribution >= 0.6 is 0 Å². The van der Waals surface area contributed by atoms with Crippen LogP contribution in [0.4, 0.5) is 8.78 Å². The lowest BCUT2D eigenvalue weighted by Crippen LogP contribution is -2.42. The molecule has 1 aromatic carbocycles. The summed E-state index contributed by atoms with van der Waals surface area (Å²) in [5.41, 5.74) is 5.28. The molecule has 0 aliphatic carbocycles. The second-order valence-corrected chi connectivity index (χ2v) is 4.16. The molecule has 0 spiro atoms. The molecule has 0 saturated carbocycles. The number of nitrogens with two attached hydrogens (primary N) is 1. The zero-order valence-electron chi connectivity index (χ0n) is 10.8. The lowest BCUT2D eigenvalue weighted by Gasteiger charge is -2.25. The van der Waals surface area contributed by atoms with Crippen molar-refractivity contribution in [3.8, 4) is 5.75 Å². The molecule has 6 heteroatoms. The lowest BCUT2D eigenvalue weighted by molar-refractivity contribution is -0.166. The molecule has 0 aliphatic heterocycles. The fraction of sp³-hybridized carbons (Fsp3) is 0.462. The van der Waals surface area contributed by atoms with Gasteiger partial charge in [-0.05, 0) is 26.0 Å². The number of benzene rings is 1. The number of para-hydroxylation sites is 1. The fourth-order valence-corrected chi connectivity index (χ4v) is 1.37. The second kappa shape index (κ2) is 7.04. The minimum Gasteiger partial charge on any atom is -0.487 e. The predicted octanol–water partition coefficient (Wildman–Crippen LogP) is 1.98. The monoisotopic (exact) mass is 273 g/mol. The molecule has 1 unspecified atom stereocenters. The molecule has 0 amide bonds. The van der Waals surface area contributed by atoms with Crippen LogP contribution in [-0.2, 0) is 9.53 Å². The van der Waals surface area contributed by atoms with Crippen LogP contribution in [0, 0.1) is 0 Å². The quantitative estimate of drug-likeness (QED) is 0.805. The van der Waals surface area contributed by atoms with Crippen LogP contribution in [0.2, 0.25) is 0 Å². The highest BCUT2D eigenvalue weighted by molar-refractivity contribution is 5.75. The Kier molecular flexibility index (Phi) is 5.69. The minimum atomic E-state index is -2.85. The van der Waals surface area contributed by atoms with Gasteiger partial charge < -0.3 is 15.2 Å². The van der Waals surface area contributed by atoms with E-state index in [1.807, 2.05) is 0 Å². The van der Waals surface area contributed by atoms with Gasteiger partial charge in [-0.1, -0.05) is 18.2 Å². The number of esters is 1. The zero-order chi connectivity index (χ0) is 14.4. The normalized spacial score (nSPS) is 15.7. The molecule has 19 heavy (non-hydrogen) atoms. The van der Waals surface area contributed by atoms with Crippen LogP contribution in [0.3, 0.4) is 0 Å². The van der Waals surface area contributed by atoms with E-state index in [-0.39, 0.29) is 0 Å². The Labute approximate surface area is 110 Å². The number of hydrogen-bond acceptors (Lipinski definition) is 4. The van der Waals surface area contributed by atoms with Crippen LogP contribution in [0.5, 0.6) is 5.75 Å². The van der Waals surface area contributed by atoms with E-state index in [4.69, 9.17) is 10.5 Å². The Morgan fingerprint density at radius 2 is 1.79 bits per heavy atom. The number of ether oxygens (including phenoxy) is 2. The predicted molar refractivity (Wildman–Crippen MR) is 66.1 cm³/mol. The van der Waals surface area contributed by atoms with Crippen molar-refractivity contribution in [1.29, 1.82) is 0 Å². The number of carbonyl (C=O) groups excluding carboxylic acids is 1. The Balaban J connectivity index is 2.68. The van der Waals surface area contributed by atoms with Crippen molar-refractivity contribution in [2.24, 2.45) is 5.73 Å². The molecule has 3 atom stereocenters. The van der Waals surface area contributed by atoms with Crippen molar-refractivity contribution in [3.05, 3.63) is 30.3 Å². The van der Waals surface area contributed by atoms with Gasteiger partial charge in [0.05, 0.1) is 0 Å². The summed E-state index contributed by atoms with van der Waals surface area (Å²) in [6, 6.07) is 7.52. The first-order valence-corrected chi connectivity index (χ1v) is 5.87. The van der Waals surface area contributed by atoms with Gasteiger partial charge in [0.15, 0.2) is 6.10 Å². The highest BCUT2D eigenvalue weighted by Gasteiger charge is 2.33. The molecule has 0 bridgehead atoms. The van der Waals surface area contributed by atoms with Gasteiger partial charge in [0.2, 0.25) is 0 Å². The molecule has 0 fully saturated rings. The van der Waals surface area contributed by atoms with Gasteiger partial charge in [0.25, 0.3) is 6.43 Å². The van der Waals surface area contributed by atoms with E-state index in [0.29, 0.717) is 5.75 Å². The fourth-order valence-electron chi connectivity index (χ4n) is 1.37. The standard InChI is InChI=1S/C13H17F2NO3/c1-8(16)13(17)19-11(12(14)15)9(2)18-10-6-4-3-5-7-10/h3-9,11-12H,16H2,1-2H3/t8-,9-,11?/m0/s1. The number of rotatable bonds is 6. The van der Waals surface area contributed by atoms with Gasteiger partial charge in [-0.25, -0.2) is 8.78 Å². The molecular weight excluding hydrogens is 256 g/mol. The number of carbonyl (C=O) groups is 1. The van der Waals surface area contributed by atoms with E-state index >= 15 is 0 Å². The van der Waals surface area contributed by atoms with Gasteiger partial charge in [0.1, 0.15) is 17.9 Å². The smallest absolute Gasteiger partial charge is 0.323 e. The molecule has 0 heterocycles. The van der Waals surface area contributed by atoms with Crippen molar-refractivity contribution >= 4 is 5.97 Å². The summed E-state index contributed by atoms with van der Waals surface area (Å²) in [5, 5.41) is 0. The van der Waals surface area contributed by atoms with Gasteiger partial charge in [-0.3, -0.25) is 4.79 Å². The Morgan fingerprint density at radius 3 is 2.26 bits per heavy atom. The summed E-state index contributed by atoms with van der Waals surface area (Å²) in [4.78, 5) is 11.3. The molecular formula is C13H17F2NO3. The first-order chi connectivity index (χ1) is 8.91. The van der Waals surface area contributed by atoms with Gasteiger partial charge in [-0.15, -0.1) is 0 Å². The van der Waals surface area contributed by atoms with E-state index in [1.54, 1.807) is 30.3 Å². The second-order valence-electron chi connectivity index (χ2n) is 4.16. The molecule has 0 saturated heterocycles. The molecule has 0 aliphatic rings. The van der Waals surface area contributed by atoms with E-state index in [9.17, 15) is 13.6 Å². The van der Waals surface area contributed by atoms with Crippen LogP contribution in [0.15, 0.2) is 30.3 Å². The van der Waals surface area contributed by atoms with Crippen molar-refractivity contribution in [3.63, 3.8) is 0 Å². The highest BCUT2D eigenvalue weighted by Crippen LogP contribution is 2.18. The molecule has 0 radical (unpaired) electrons. The highest BCUT2D eigenvalue weighted by atomic mass is 19.3. The third kappa shape index (κ3) is 4.82. The third-order valence-electron chi connectivity index (χ3n) is 2.40. The van der Waals surface area contributed by atoms with Crippen LogP contribution in [0.1, 0.15) is 13.8 Å². The molecule has 1 aromatic rings. The third-order valence-corrected chi connectivity index (χ3v) is 2.40. The maximum Gasteiger partial charge on any atom is 0.323 e. The molecule has 1 rings (SSSR count). The average Bonchev–Trinajstić information content (AvgIpc) is 2.36. The molecule has 106 valence electrons. The summed E-state index contributed by atoms with van der Waals surface area (Å²) in [5.74, 6) is -0.452. The number of alkyl halides is 2. The Bertz CT molecular complexity index is 398. The average molecular weight is 273 g/mol. The first kappa shape index (κ1) is 15.4. The summed E-state index contributed by atoms with van der Waals surface area (Å²) < 4.78 is 35.7. The van der Waals surface area contributed by atoms with Gasteiger partial charge in [0, 0.05) is 0 Å². The van der Waals surface area contributed by atoms with E-state index in [0.717, 1.165) is 0 Å². The summed E-state index contributed by atoms with van der Waals surface area (Å²) >= 11 is 0.